The van der Waals surface area contributed by atoms with E-state index in [1.165, 1.54) is 12.3 Å². The van der Waals surface area contributed by atoms with E-state index in [4.69, 9.17) is 10.5 Å². The maximum Gasteiger partial charge on any atom is 0.267 e. The van der Waals surface area contributed by atoms with Gasteiger partial charge in [0.05, 0.1) is 11.1 Å². The van der Waals surface area contributed by atoms with Crippen molar-refractivity contribution in [1.29, 1.82) is 0 Å². The Kier molecular flexibility index (Phi) is 3.25. The first-order valence-electron chi connectivity index (χ1n) is 3.73. The molecule has 2 N–H and O–H groups in total. The summed E-state index contributed by atoms with van der Waals surface area (Å²) in [5, 5.41) is 0. The number of pyridine rings is 1. The molecule has 0 aliphatic carbocycles. The summed E-state index contributed by atoms with van der Waals surface area (Å²) in [6.07, 6.45) is 1.49. The Morgan fingerprint density at radius 3 is 3.00 bits per heavy atom. The van der Waals surface area contributed by atoms with E-state index < -0.39 is 5.91 Å². The number of hydrogen-bond acceptors (Lipinski definition) is 3. The van der Waals surface area contributed by atoms with Crippen LogP contribution in [0.15, 0.2) is 16.7 Å². The molecule has 1 aromatic heterocycles. The minimum atomic E-state index is -0.562. The molecule has 70 valence electrons. The fraction of sp³-hybridized carbons (Fsp3) is 0.250. The van der Waals surface area contributed by atoms with Gasteiger partial charge in [-0.3, -0.25) is 4.79 Å². The lowest BCUT2D eigenvalue weighted by Crippen LogP contribution is -2.13. The normalized spacial score (nSPS) is 9.69. The van der Waals surface area contributed by atoms with E-state index >= 15 is 0 Å². The van der Waals surface area contributed by atoms with Crippen LogP contribution in [0.2, 0.25) is 0 Å². The van der Waals surface area contributed by atoms with Crippen molar-refractivity contribution < 1.29 is 9.53 Å². The summed E-state index contributed by atoms with van der Waals surface area (Å²) in [5.74, 6) is 0.0137. The summed E-state index contributed by atoms with van der Waals surface area (Å²) in [5.41, 5.74) is 5.26. The van der Waals surface area contributed by atoms with Crippen LogP contribution in [0.4, 0.5) is 0 Å². The molecule has 1 amide bonds. The number of primary amides is 1. The van der Waals surface area contributed by atoms with Gasteiger partial charge in [-0.1, -0.05) is 0 Å². The van der Waals surface area contributed by atoms with Crippen molar-refractivity contribution in [2.24, 2.45) is 5.73 Å². The number of ether oxygens (including phenoxy) is 1. The highest BCUT2D eigenvalue weighted by atomic mass is 79.9. The average molecular weight is 245 g/mol. The van der Waals surface area contributed by atoms with Crippen molar-refractivity contribution in [3.63, 3.8) is 0 Å². The SMILES string of the molecule is CCOc1cc(C(N)=O)ncc1Br. The molecule has 13 heavy (non-hydrogen) atoms. The Morgan fingerprint density at radius 1 is 1.77 bits per heavy atom. The van der Waals surface area contributed by atoms with Gasteiger partial charge in [0, 0.05) is 12.3 Å². The molecule has 5 heteroatoms. The van der Waals surface area contributed by atoms with E-state index in [-0.39, 0.29) is 5.69 Å². The molecule has 1 heterocycles. The van der Waals surface area contributed by atoms with Gasteiger partial charge in [0.15, 0.2) is 0 Å². The largest absolute Gasteiger partial charge is 0.493 e. The van der Waals surface area contributed by atoms with Gasteiger partial charge in [-0.15, -0.1) is 0 Å². The minimum absolute atomic E-state index is 0.201. The molecule has 0 aliphatic heterocycles. The second-order valence-corrected chi connectivity index (χ2v) is 3.15. The molecular formula is C8H9BrN2O2. The third-order valence-electron chi connectivity index (χ3n) is 1.37. The Morgan fingerprint density at radius 2 is 2.46 bits per heavy atom. The van der Waals surface area contributed by atoms with E-state index in [1.807, 2.05) is 6.92 Å². The van der Waals surface area contributed by atoms with E-state index in [0.717, 1.165) is 0 Å². The van der Waals surface area contributed by atoms with Gasteiger partial charge < -0.3 is 10.5 Å². The molecule has 0 saturated heterocycles. The average Bonchev–Trinajstić information content (AvgIpc) is 2.08. The summed E-state index contributed by atoms with van der Waals surface area (Å²) in [4.78, 5) is 14.6. The molecule has 0 saturated carbocycles. The van der Waals surface area contributed by atoms with Gasteiger partial charge >= 0.3 is 0 Å². The zero-order valence-electron chi connectivity index (χ0n) is 7.08. The quantitative estimate of drug-likeness (QED) is 0.873. The number of nitrogens with zero attached hydrogens (tertiary/aromatic N) is 1. The first kappa shape index (κ1) is 9.98. The molecule has 1 aromatic rings. The molecule has 0 bridgehead atoms. The predicted molar refractivity (Wildman–Crippen MR) is 51.6 cm³/mol. The first-order valence-corrected chi connectivity index (χ1v) is 4.52. The second-order valence-electron chi connectivity index (χ2n) is 2.30. The third kappa shape index (κ3) is 2.42. The molecular weight excluding hydrogens is 236 g/mol. The van der Waals surface area contributed by atoms with Crippen molar-refractivity contribution in [1.82, 2.24) is 4.98 Å². The summed E-state index contributed by atoms with van der Waals surface area (Å²) in [7, 11) is 0. The Labute approximate surface area is 84.2 Å². The number of aromatic nitrogens is 1. The lowest BCUT2D eigenvalue weighted by atomic mass is 10.3. The number of hydrogen-bond donors (Lipinski definition) is 1. The number of amides is 1. The Bertz CT molecular complexity index is 328. The highest BCUT2D eigenvalue weighted by Crippen LogP contribution is 2.24. The third-order valence-corrected chi connectivity index (χ3v) is 1.97. The van der Waals surface area contributed by atoms with Gasteiger partial charge in [-0.25, -0.2) is 4.98 Å². The van der Waals surface area contributed by atoms with Crippen LogP contribution in [-0.2, 0) is 0 Å². The molecule has 0 radical (unpaired) electrons. The standard InChI is InChI=1S/C8H9BrN2O2/c1-2-13-7-3-6(8(10)12)11-4-5(7)9/h3-4H,2H2,1H3,(H2,10,12). The molecule has 0 aliphatic rings. The zero-order chi connectivity index (χ0) is 9.84. The maximum atomic E-state index is 10.8. The molecule has 0 atom stereocenters. The van der Waals surface area contributed by atoms with Gasteiger partial charge in [0.1, 0.15) is 11.4 Å². The molecule has 0 spiro atoms. The Balaban J connectivity index is 3.03. The van der Waals surface area contributed by atoms with Crippen LogP contribution in [0.25, 0.3) is 0 Å². The van der Waals surface area contributed by atoms with E-state index in [2.05, 4.69) is 20.9 Å². The smallest absolute Gasteiger partial charge is 0.267 e. The highest BCUT2D eigenvalue weighted by molar-refractivity contribution is 9.10. The van der Waals surface area contributed by atoms with E-state index in [0.29, 0.717) is 16.8 Å². The molecule has 0 unspecified atom stereocenters. The summed E-state index contributed by atoms with van der Waals surface area (Å²) in [6, 6.07) is 1.51. The monoisotopic (exact) mass is 244 g/mol. The zero-order valence-corrected chi connectivity index (χ0v) is 8.67. The van der Waals surface area contributed by atoms with E-state index in [1.54, 1.807) is 0 Å². The number of rotatable bonds is 3. The van der Waals surface area contributed by atoms with Crippen molar-refractivity contribution in [3.05, 3.63) is 22.4 Å². The lowest BCUT2D eigenvalue weighted by Gasteiger charge is -2.05. The number of nitrogens with two attached hydrogens (primary N) is 1. The van der Waals surface area contributed by atoms with Crippen LogP contribution in [-0.4, -0.2) is 17.5 Å². The van der Waals surface area contributed by atoms with Crippen molar-refractivity contribution in [2.75, 3.05) is 6.61 Å². The number of halogens is 1. The van der Waals surface area contributed by atoms with E-state index in [9.17, 15) is 4.79 Å². The van der Waals surface area contributed by atoms with Crippen LogP contribution >= 0.6 is 15.9 Å². The molecule has 1 rings (SSSR count). The first-order chi connectivity index (χ1) is 6.15. The maximum absolute atomic E-state index is 10.8. The van der Waals surface area contributed by atoms with Crippen LogP contribution in [0, 0.1) is 0 Å². The summed E-state index contributed by atoms with van der Waals surface area (Å²) >= 11 is 3.24. The van der Waals surface area contributed by atoms with Crippen molar-refractivity contribution in [3.8, 4) is 5.75 Å². The molecule has 0 aromatic carbocycles. The fourth-order valence-electron chi connectivity index (χ4n) is 0.821. The van der Waals surface area contributed by atoms with Gasteiger partial charge in [-0.2, -0.15) is 0 Å². The molecule has 0 fully saturated rings. The molecule has 4 nitrogen and oxygen atoms in total. The van der Waals surface area contributed by atoms with Crippen LogP contribution in [0.3, 0.4) is 0 Å². The van der Waals surface area contributed by atoms with Gasteiger partial charge in [0.25, 0.3) is 5.91 Å². The fourth-order valence-corrected chi connectivity index (χ4v) is 1.15. The highest BCUT2D eigenvalue weighted by Gasteiger charge is 2.07. The predicted octanol–water partition coefficient (Wildman–Crippen LogP) is 1.34. The van der Waals surface area contributed by atoms with Crippen molar-refractivity contribution in [2.45, 2.75) is 6.92 Å². The minimum Gasteiger partial charge on any atom is -0.493 e. The number of carbonyl (C=O) groups excluding carboxylic acids is 1. The lowest BCUT2D eigenvalue weighted by molar-refractivity contribution is 0.0995. The number of carbonyl (C=O) groups is 1. The van der Waals surface area contributed by atoms with Crippen LogP contribution < -0.4 is 10.5 Å². The van der Waals surface area contributed by atoms with Gasteiger partial charge in [-0.05, 0) is 22.9 Å². The van der Waals surface area contributed by atoms with Crippen LogP contribution in [0.1, 0.15) is 17.4 Å². The topological polar surface area (TPSA) is 65.2 Å². The van der Waals surface area contributed by atoms with Crippen LogP contribution in [0.5, 0.6) is 5.75 Å². The Hall–Kier alpha value is -1.10. The second kappa shape index (κ2) is 4.23. The van der Waals surface area contributed by atoms with Crippen molar-refractivity contribution >= 4 is 21.8 Å². The van der Waals surface area contributed by atoms with Gasteiger partial charge in [0.2, 0.25) is 0 Å². The summed E-state index contributed by atoms with van der Waals surface area (Å²) in [6.45, 7) is 2.39. The summed E-state index contributed by atoms with van der Waals surface area (Å²) < 4.78 is 5.94.